The molecule has 1 aromatic heterocycles. The van der Waals surface area contributed by atoms with Crippen LogP contribution in [-0.2, 0) is 12.6 Å². The minimum absolute atomic E-state index is 0.274. The maximum atomic E-state index is 12.6. The smallest absolute Gasteiger partial charge is 0.388 e. The minimum atomic E-state index is -4.39. The van der Waals surface area contributed by atoms with Gasteiger partial charge in [-0.25, -0.2) is 0 Å². The molecule has 0 aliphatic rings. The van der Waals surface area contributed by atoms with Crippen molar-refractivity contribution in [2.24, 2.45) is 0 Å². The second-order valence-corrected chi connectivity index (χ2v) is 4.50. The van der Waals surface area contributed by atoms with E-state index >= 15 is 0 Å². The van der Waals surface area contributed by atoms with Crippen LogP contribution in [0.3, 0.4) is 0 Å². The maximum Gasteiger partial charge on any atom is 0.416 e. The number of aryl methyl sites for hydroxylation is 1. The summed E-state index contributed by atoms with van der Waals surface area (Å²) in [5.41, 5.74) is 0.334. The SMILES string of the molecule is OC(CCc1ccccn1)c1cccc(C(F)(F)F)c1. The highest BCUT2D eigenvalue weighted by atomic mass is 19.4. The van der Waals surface area contributed by atoms with E-state index in [9.17, 15) is 18.3 Å². The lowest BCUT2D eigenvalue weighted by atomic mass is 10.0. The molecular weight excluding hydrogens is 267 g/mol. The molecule has 2 rings (SSSR count). The molecule has 1 aromatic carbocycles. The van der Waals surface area contributed by atoms with Crippen molar-refractivity contribution < 1.29 is 18.3 Å². The van der Waals surface area contributed by atoms with Gasteiger partial charge in [0.2, 0.25) is 0 Å². The Morgan fingerprint density at radius 3 is 2.55 bits per heavy atom. The first-order valence-corrected chi connectivity index (χ1v) is 6.22. The van der Waals surface area contributed by atoms with Gasteiger partial charge in [-0.1, -0.05) is 18.2 Å². The van der Waals surface area contributed by atoms with E-state index in [0.29, 0.717) is 12.8 Å². The van der Waals surface area contributed by atoms with E-state index < -0.39 is 17.8 Å². The van der Waals surface area contributed by atoms with Gasteiger partial charge in [0.1, 0.15) is 0 Å². The number of hydrogen-bond acceptors (Lipinski definition) is 2. The van der Waals surface area contributed by atoms with Crippen molar-refractivity contribution in [3.8, 4) is 0 Å². The van der Waals surface area contributed by atoms with Crippen LogP contribution in [0.1, 0.15) is 29.3 Å². The van der Waals surface area contributed by atoms with Crippen molar-refractivity contribution in [2.45, 2.75) is 25.1 Å². The molecule has 0 aliphatic heterocycles. The van der Waals surface area contributed by atoms with E-state index in [0.717, 1.165) is 17.8 Å². The molecule has 0 bridgehead atoms. The maximum absolute atomic E-state index is 12.6. The molecule has 0 saturated carbocycles. The molecule has 2 aromatic rings. The van der Waals surface area contributed by atoms with E-state index in [1.54, 1.807) is 12.3 Å². The van der Waals surface area contributed by atoms with E-state index in [-0.39, 0.29) is 5.56 Å². The normalized spacial score (nSPS) is 13.2. The highest BCUT2D eigenvalue weighted by Crippen LogP contribution is 2.31. The fourth-order valence-electron chi connectivity index (χ4n) is 1.92. The van der Waals surface area contributed by atoms with Crippen molar-refractivity contribution in [3.05, 3.63) is 65.5 Å². The van der Waals surface area contributed by atoms with Crippen LogP contribution in [0.5, 0.6) is 0 Å². The third kappa shape index (κ3) is 3.81. The van der Waals surface area contributed by atoms with Crippen LogP contribution >= 0.6 is 0 Å². The zero-order valence-electron chi connectivity index (χ0n) is 10.6. The number of rotatable bonds is 4. The molecule has 0 fully saturated rings. The summed E-state index contributed by atoms with van der Waals surface area (Å²) in [7, 11) is 0. The summed E-state index contributed by atoms with van der Waals surface area (Å²) in [5.74, 6) is 0. The number of hydrogen-bond donors (Lipinski definition) is 1. The van der Waals surface area contributed by atoms with E-state index in [1.165, 1.54) is 12.1 Å². The average Bonchev–Trinajstić information content (AvgIpc) is 2.45. The second-order valence-electron chi connectivity index (χ2n) is 4.50. The van der Waals surface area contributed by atoms with Crippen LogP contribution in [0.15, 0.2) is 48.7 Å². The third-order valence-corrected chi connectivity index (χ3v) is 3.00. The van der Waals surface area contributed by atoms with Crippen LogP contribution in [-0.4, -0.2) is 10.1 Å². The predicted molar refractivity (Wildman–Crippen MR) is 69.0 cm³/mol. The summed E-state index contributed by atoms with van der Waals surface area (Å²) in [6.45, 7) is 0. The molecule has 1 atom stereocenters. The Balaban J connectivity index is 2.04. The monoisotopic (exact) mass is 281 g/mol. The summed E-state index contributed by atoms with van der Waals surface area (Å²) >= 11 is 0. The zero-order valence-corrected chi connectivity index (χ0v) is 10.6. The van der Waals surface area contributed by atoms with Gasteiger partial charge in [-0.15, -0.1) is 0 Å². The summed E-state index contributed by atoms with van der Waals surface area (Å²) in [5, 5.41) is 9.98. The summed E-state index contributed by atoms with van der Waals surface area (Å²) in [6.07, 6.45) is -2.83. The first-order valence-electron chi connectivity index (χ1n) is 6.22. The number of alkyl halides is 3. The number of halogens is 3. The molecular formula is C15H14F3NO. The summed E-state index contributed by atoms with van der Waals surface area (Å²) in [6, 6.07) is 10.2. The highest BCUT2D eigenvalue weighted by molar-refractivity contribution is 5.27. The van der Waals surface area contributed by atoms with Gasteiger partial charge in [-0.3, -0.25) is 4.98 Å². The molecule has 2 nitrogen and oxygen atoms in total. The van der Waals surface area contributed by atoms with Gasteiger partial charge in [0.05, 0.1) is 11.7 Å². The van der Waals surface area contributed by atoms with Crippen molar-refractivity contribution >= 4 is 0 Å². The number of aliphatic hydroxyl groups is 1. The zero-order chi connectivity index (χ0) is 14.6. The fourth-order valence-corrected chi connectivity index (χ4v) is 1.92. The quantitative estimate of drug-likeness (QED) is 0.925. The number of benzene rings is 1. The lowest BCUT2D eigenvalue weighted by Crippen LogP contribution is -2.07. The Labute approximate surface area is 114 Å². The minimum Gasteiger partial charge on any atom is -0.388 e. The topological polar surface area (TPSA) is 33.1 Å². The molecule has 0 saturated heterocycles. The predicted octanol–water partition coefficient (Wildman–Crippen LogP) is 3.77. The van der Waals surface area contributed by atoms with Crippen molar-refractivity contribution in [3.63, 3.8) is 0 Å². The van der Waals surface area contributed by atoms with Gasteiger partial charge in [-0.05, 0) is 42.7 Å². The van der Waals surface area contributed by atoms with Crippen molar-refractivity contribution in [2.75, 3.05) is 0 Å². The Kier molecular flexibility index (Phi) is 4.39. The van der Waals surface area contributed by atoms with Crippen LogP contribution < -0.4 is 0 Å². The Morgan fingerprint density at radius 1 is 1.10 bits per heavy atom. The lowest BCUT2D eigenvalue weighted by Gasteiger charge is -2.13. The Hall–Kier alpha value is -1.88. The largest absolute Gasteiger partial charge is 0.416 e. The molecule has 1 N–H and O–H groups in total. The number of nitrogens with zero attached hydrogens (tertiary/aromatic N) is 1. The van der Waals surface area contributed by atoms with Gasteiger partial charge in [0, 0.05) is 11.9 Å². The van der Waals surface area contributed by atoms with E-state index in [4.69, 9.17) is 0 Å². The molecule has 5 heteroatoms. The van der Waals surface area contributed by atoms with Crippen LogP contribution in [0.25, 0.3) is 0 Å². The first-order chi connectivity index (χ1) is 9.47. The van der Waals surface area contributed by atoms with Gasteiger partial charge < -0.3 is 5.11 Å². The molecule has 20 heavy (non-hydrogen) atoms. The van der Waals surface area contributed by atoms with Crippen LogP contribution in [0, 0.1) is 0 Å². The summed E-state index contributed by atoms with van der Waals surface area (Å²) in [4.78, 5) is 4.11. The van der Waals surface area contributed by atoms with Crippen LogP contribution in [0.4, 0.5) is 13.2 Å². The molecule has 0 amide bonds. The van der Waals surface area contributed by atoms with Gasteiger partial charge in [0.15, 0.2) is 0 Å². The Morgan fingerprint density at radius 2 is 1.90 bits per heavy atom. The van der Waals surface area contributed by atoms with Crippen LogP contribution in [0.2, 0.25) is 0 Å². The standard InChI is InChI=1S/C15H14F3NO/c16-15(17,18)12-5-3-4-11(10-12)14(20)8-7-13-6-1-2-9-19-13/h1-6,9-10,14,20H,7-8H2. The number of aromatic nitrogens is 1. The van der Waals surface area contributed by atoms with E-state index in [2.05, 4.69) is 4.98 Å². The third-order valence-electron chi connectivity index (χ3n) is 3.00. The lowest BCUT2D eigenvalue weighted by molar-refractivity contribution is -0.137. The summed E-state index contributed by atoms with van der Waals surface area (Å²) < 4.78 is 37.8. The molecule has 1 heterocycles. The van der Waals surface area contributed by atoms with E-state index in [1.807, 2.05) is 12.1 Å². The van der Waals surface area contributed by atoms with Crippen molar-refractivity contribution in [1.82, 2.24) is 4.98 Å². The number of pyridine rings is 1. The fraction of sp³-hybridized carbons (Fsp3) is 0.267. The number of aliphatic hydroxyl groups excluding tert-OH is 1. The average molecular weight is 281 g/mol. The van der Waals surface area contributed by atoms with Crippen molar-refractivity contribution in [1.29, 1.82) is 0 Å². The molecule has 0 spiro atoms. The van der Waals surface area contributed by atoms with Gasteiger partial charge in [-0.2, -0.15) is 13.2 Å². The highest BCUT2D eigenvalue weighted by Gasteiger charge is 2.30. The molecule has 0 radical (unpaired) electrons. The molecule has 106 valence electrons. The molecule has 1 unspecified atom stereocenters. The second kappa shape index (κ2) is 6.05. The molecule has 0 aliphatic carbocycles. The van der Waals surface area contributed by atoms with Gasteiger partial charge >= 0.3 is 6.18 Å². The first kappa shape index (κ1) is 14.5. The Bertz CT molecular complexity index is 555. The van der Waals surface area contributed by atoms with Gasteiger partial charge in [0.25, 0.3) is 0 Å².